The highest BCUT2D eigenvalue weighted by Gasteiger charge is 2.21. The summed E-state index contributed by atoms with van der Waals surface area (Å²) in [5, 5.41) is 0. The molecule has 0 bridgehead atoms. The zero-order valence-corrected chi connectivity index (χ0v) is 14.9. The lowest BCUT2D eigenvalue weighted by Gasteiger charge is -2.20. The minimum atomic E-state index is -0.110. The van der Waals surface area contributed by atoms with Crippen LogP contribution in [-0.4, -0.2) is 39.2 Å². The molecule has 0 aliphatic heterocycles. The SMILES string of the molecule is COc1ccc(CN(C)C(=O)c2cc(C)oc2C)c(OC)c1OC. The van der Waals surface area contributed by atoms with Crippen molar-refractivity contribution >= 4 is 5.91 Å². The molecule has 0 saturated carbocycles. The minimum Gasteiger partial charge on any atom is -0.493 e. The summed E-state index contributed by atoms with van der Waals surface area (Å²) in [6, 6.07) is 5.40. The molecule has 1 aromatic heterocycles. The van der Waals surface area contributed by atoms with Gasteiger partial charge in [-0.1, -0.05) is 0 Å². The lowest BCUT2D eigenvalue weighted by atomic mass is 10.1. The van der Waals surface area contributed by atoms with Crippen molar-refractivity contribution < 1.29 is 23.4 Å². The lowest BCUT2D eigenvalue weighted by molar-refractivity contribution is 0.0782. The number of ether oxygens (including phenoxy) is 3. The van der Waals surface area contributed by atoms with Crippen molar-refractivity contribution in [2.75, 3.05) is 28.4 Å². The van der Waals surface area contributed by atoms with Crippen molar-refractivity contribution in [3.63, 3.8) is 0 Å². The molecule has 0 fully saturated rings. The van der Waals surface area contributed by atoms with Crippen LogP contribution in [0, 0.1) is 13.8 Å². The van der Waals surface area contributed by atoms with Gasteiger partial charge in [-0.3, -0.25) is 4.79 Å². The number of rotatable bonds is 6. The molecule has 0 atom stereocenters. The van der Waals surface area contributed by atoms with E-state index in [0.717, 1.165) is 5.56 Å². The predicted octanol–water partition coefficient (Wildman–Crippen LogP) is 3.19. The van der Waals surface area contributed by atoms with E-state index < -0.39 is 0 Å². The van der Waals surface area contributed by atoms with E-state index in [0.29, 0.717) is 40.9 Å². The van der Waals surface area contributed by atoms with E-state index in [1.165, 1.54) is 0 Å². The fourth-order valence-corrected chi connectivity index (χ4v) is 2.66. The summed E-state index contributed by atoms with van der Waals surface area (Å²) in [6.07, 6.45) is 0. The summed E-state index contributed by atoms with van der Waals surface area (Å²) in [5.74, 6) is 2.86. The molecule has 0 spiro atoms. The van der Waals surface area contributed by atoms with E-state index in [-0.39, 0.29) is 5.91 Å². The molecule has 0 aliphatic carbocycles. The third kappa shape index (κ3) is 3.32. The highest BCUT2D eigenvalue weighted by molar-refractivity contribution is 5.95. The Labute approximate surface area is 141 Å². The number of furan rings is 1. The molecule has 1 aromatic carbocycles. The zero-order valence-electron chi connectivity index (χ0n) is 14.9. The predicted molar refractivity (Wildman–Crippen MR) is 90.1 cm³/mol. The van der Waals surface area contributed by atoms with E-state index in [1.807, 2.05) is 13.0 Å². The van der Waals surface area contributed by atoms with Gasteiger partial charge < -0.3 is 23.5 Å². The molecule has 0 aliphatic rings. The topological polar surface area (TPSA) is 61.1 Å². The number of hydrogen-bond donors (Lipinski definition) is 0. The van der Waals surface area contributed by atoms with Crippen molar-refractivity contribution in [2.45, 2.75) is 20.4 Å². The highest BCUT2D eigenvalue weighted by Crippen LogP contribution is 2.40. The average Bonchev–Trinajstić information content (AvgIpc) is 2.91. The summed E-state index contributed by atoms with van der Waals surface area (Å²) in [7, 11) is 6.42. The Hall–Kier alpha value is -2.63. The number of benzene rings is 1. The smallest absolute Gasteiger partial charge is 0.257 e. The van der Waals surface area contributed by atoms with E-state index in [2.05, 4.69) is 0 Å². The Morgan fingerprint density at radius 2 is 1.75 bits per heavy atom. The van der Waals surface area contributed by atoms with Crippen molar-refractivity contribution in [3.05, 3.63) is 40.8 Å². The highest BCUT2D eigenvalue weighted by atomic mass is 16.5. The van der Waals surface area contributed by atoms with Gasteiger partial charge in [0.25, 0.3) is 5.91 Å². The van der Waals surface area contributed by atoms with E-state index in [4.69, 9.17) is 18.6 Å². The van der Waals surface area contributed by atoms with Crippen LogP contribution in [0.4, 0.5) is 0 Å². The first-order valence-electron chi connectivity index (χ1n) is 7.53. The number of amides is 1. The standard InChI is InChI=1S/C18H23NO5/c1-11-9-14(12(2)24-11)18(20)19(3)10-13-7-8-15(21-4)17(23-6)16(13)22-5/h7-9H,10H2,1-6H3. The lowest BCUT2D eigenvalue weighted by Crippen LogP contribution is -2.26. The van der Waals surface area contributed by atoms with Crippen LogP contribution < -0.4 is 14.2 Å². The summed E-state index contributed by atoms with van der Waals surface area (Å²) in [6.45, 7) is 3.97. The molecule has 6 nitrogen and oxygen atoms in total. The summed E-state index contributed by atoms with van der Waals surface area (Å²) < 4.78 is 21.6. The number of carbonyl (C=O) groups excluding carboxylic acids is 1. The molecule has 2 rings (SSSR count). The van der Waals surface area contributed by atoms with Crippen LogP contribution in [0.15, 0.2) is 22.6 Å². The van der Waals surface area contributed by atoms with E-state index in [1.54, 1.807) is 52.3 Å². The van der Waals surface area contributed by atoms with Gasteiger partial charge >= 0.3 is 0 Å². The van der Waals surface area contributed by atoms with Crippen LogP contribution in [0.25, 0.3) is 0 Å². The van der Waals surface area contributed by atoms with Gasteiger partial charge in [-0.2, -0.15) is 0 Å². The van der Waals surface area contributed by atoms with Gasteiger partial charge in [0.2, 0.25) is 5.75 Å². The van der Waals surface area contributed by atoms with Crippen LogP contribution in [0.5, 0.6) is 17.2 Å². The molecule has 0 unspecified atom stereocenters. The number of methoxy groups -OCH3 is 3. The minimum absolute atomic E-state index is 0.110. The van der Waals surface area contributed by atoms with Gasteiger partial charge in [-0.05, 0) is 32.0 Å². The van der Waals surface area contributed by atoms with Crippen molar-refractivity contribution in [1.82, 2.24) is 4.90 Å². The Morgan fingerprint density at radius 3 is 2.25 bits per heavy atom. The quantitative estimate of drug-likeness (QED) is 0.812. The second-order valence-electron chi connectivity index (χ2n) is 5.48. The summed E-state index contributed by atoms with van der Waals surface area (Å²) in [5.41, 5.74) is 1.39. The second kappa shape index (κ2) is 7.29. The molecule has 0 radical (unpaired) electrons. The maximum absolute atomic E-state index is 12.6. The largest absolute Gasteiger partial charge is 0.493 e. The first-order valence-corrected chi connectivity index (χ1v) is 7.53. The Kier molecular flexibility index (Phi) is 5.39. The monoisotopic (exact) mass is 333 g/mol. The second-order valence-corrected chi connectivity index (χ2v) is 5.48. The van der Waals surface area contributed by atoms with Crippen LogP contribution in [0.1, 0.15) is 27.4 Å². The van der Waals surface area contributed by atoms with Crippen LogP contribution in [0.2, 0.25) is 0 Å². The molecule has 1 amide bonds. The third-order valence-electron chi connectivity index (χ3n) is 3.81. The molecule has 130 valence electrons. The van der Waals surface area contributed by atoms with Crippen molar-refractivity contribution in [1.29, 1.82) is 0 Å². The summed E-state index contributed by atoms with van der Waals surface area (Å²) >= 11 is 0. The number of hydrogen-bond acceptors (Lipinski definition) is 5. The average molecular weight is 333 g/mol. The fourth-order valence-electron chi connectivity index (χ4n) is 2.66. The Morgan fingerprint density at radius 1 is 1.08 bits per heavy atom. The molecule has 0 N–H and O–H groups in total. The normalized spacial score (nSPS) is 10.4. The molecule has 1 heterocycles. The fraction of sp³-hybridized carbons (Fsp3) is 0.389. The molecule has 6 heteroatoms. The first-order chi connectivity index (χ1) is 11.4. The van der Waals surface area contributed by atoms with Crippen LogP contribution in [0.3, 0.4) is 0 Å². The van der Waals surface area contributed by atoms with Gasteiger partial charge in [-0.25, -0.2) is 0 Å². The van der Waals surface area contributed by atoms with Gasteiger partial charge in [0.15, 0.2) is 11.5 Å². The molecular weight excluding hydrogens is 310 g/mol. The number of carbonyl (C=O) groups is 1. The molecular formula is C18H23NO5. The van der Waals surface area contributed by atoms with Gasteiger partial charge in [0, 0.05) is 19.2 Å². The summed E-state index contributed by atoms with van der Waals surface area (Å²) in [4.78, 5) is 14.2. The Balaban J connectivity index is 2.30. The van der Waals surface area contributed by atoms with E-state index in [9.17, 15) is 4.79 Å². The van der Waals surface area contributed by atoms with Crippen LogP contribution >= 0.6 is 0 Å². The number of aryl methyl sites for hydroxylation is 2. The third-order valence-corrected chi connectivity index (χ3v) is 3.81. The maximum Gasteiger partial charge on any atom is 0.257 e. The van der Waals surface area contributed by atoms with Crippen LogP contribution in [-0.2, 0) is 6.54 Å². The zero-order chi connectivity index (χ0) is 17.9. The van der Waals surface area contributed by atoms with Gasteiger partial charge in [-0.15, -0.1) is 0 Å². The molecule has 2 aromatic rings. The van der Waals surface area contributed by atoms with E-state index >= 15 is 0 Å². The Bertz CT molecular complexity index is 735. The maximum atomic E-state index is 12.6. The van der Waals surface area contributed by atoms with Crippen molar-refractivity contribution in [2.24, 2.45) is 0 Å². The van der Waals surface area contributed by atoms with Crippen molar-refractivity contribution in [3.8, 4) is 17.2 Å². The molecule has 24 heavy (non-hydrogen) atoms. The number of nitrogens with zero attached hydrogens (tertiary/aromatic N) is 1. The first kappa shape index (κ1) is 17.7. The molecule has 0 saturated heterocycles. The van der Waals surface area contributed by atoms with Gasteiger partial charge in [0.1, 0.15) is 11.5 Å². The van der Waals surface area contributed by atoms with Gasteiger partial charge in [0.05, 0.1) is 26.9 Å².